The molecule has 0 amide bonds. The third-order valence-corrected chi connectivity index (χ3v) is 5.48. The van der Waals surface area contributed by atoms with Crippen LogP contribution in [0, 0.1) is 5.92 Å². The van der Waals surface area contributed by atoms with Crippen molar-refractivity contribution in [3.05, 3.63) is 18.2 Å². The summed E-state index contributed by atoms with van der Waals surface area (Å²) in [6.07, 6.45) is 13.5. The lowest BCUT2D eigenvalue weighted by atomic mass is 9.78. The van der Waals surface area contributed by atoms with Gasteiger partial charge in [-0.15, -0.1) is 0 Å². The summed E-state index contributed by atoms with van der Waals surface area (Å²) in [7, 11) is 2.07. The summed E-state index contributed by atoms with van der Waals surface area (Å²) in [6, 6.07) is 0.592. The molecule has 1 saturated carbocycles. The van der Waals surface area contributed by atoms with E-state index in [4.69, 9.17) is 0 Å². The fourth-order valence-corrected chi connectivity index (χ4v) is 4.25. The quantitative estimate of drug-likeness (QED) is 0.926. The van der Waals surface area contributed by atoms with E-state index in [-0.39, 0.29) is 6.10 Å². The zero-order chi connectivity index (χ0) is 14.7. The molecule has 1 N–H and O–H groups in total. The molecule has 1 aliphatic heterocycles. The summed E-state index contributed by atoms with van der Waals surface area (Å²) in [4.78, 5) is 7.08. The van der Waals surface area contributed by atoms with Gasteiger partial charge in [0.25, 0.3) is 0 Å². The number of hydrogen-bond acceptors (Lipinski definition) is 3. The van der Waals surface area contributed by atoms with E-state index in [2.05, 4.69) is 21.5 Å². The van der Waals surface area contributed by atoms with Gasteiger partial charge in [-0.05, 0) is 32.2 Å². The van der Waals surface area contributed by atoms with Crippen molar-refractivity contribution in [1.82, 2.24) is 14.5 Å². The van der Waals surface area contributed by atoms with Crippen LogP contribution in [0.4, 0.5) is 0 Å². The van der Waals surface area contributed by atoms with E-state index in [0.29, 0.717) is 12.0 Å². The Kier molecular flexibility index (Phi) is 4.96. The van der Waals surface area contributed by atoms with Crippen LogP contribution in [0.1, 0.15) is 50.8 Å². The van der Waals surface area contributed by atoms with Crippen molar-refractivity contribution < 1.29 is 5.11 Å². The standard InChI is InChI=1S/C17H29N3O/c1-19-13-10-18-17(19)9-12-20-11-5-4-7-15(20)14-6-2-3-8-16(14)21/h10,13-16,21H,2-9,11-12H2,1H3. The molecule has 1 aromatic rings. The lowest BCUT2D eigenvalue weighted by Gasteiger charge is -2.43. The minimum absolute atomic E-state index is 0.0717. The van der Waals surface area contributed by atoms with E-state index in [1.165, 1.54) is 50.9 Å². The van der Waals surface area contributed by atoms with Crippen LogP contribution in [-0.4, -0.2) is 44.8 Å². The van der Waals surface area contributed by atoms with Crippen LogP contribution in [0.3, 0.4) is 0 Å². The Morgan fingerprint density at radius 2 is 2.00 bits per heavy atom. The fourth-order valence-electron chi connectivity index (χ4n) is 4.25. The molecule has 3 unspecified atom stereocenters. The van der Waals surface area contributed by atoms with Gasteiger partial charge in [0, 0.05) is 44.4 Å². The van der Waals surface area contributed by atoms with Gasteiger partial charge >= 0.3 is 0 Å². The number of rotatable bonds is 4. The molecule has 0 radical (unpaired) electrons. The third-order valence-electron chi connectivity index (χ3n) is 5.48. The maximum Gasteiger partial charge on any atom is 0.109 e. The van der Waals surface area contributed by atoms with Crippen LogP contribution in [0.5, 0.6) is 0 Å². The Balaban J connectivity index is 1.62. The average molecular weight is 291 g/mol. The first-order chi connectivity index (χ1) is 10.3. The molecule has 0 aromatic carbocycles. The second-order valence-corrected chi connectivity index (χ2v) is 6.82. The van der Waals surface area contributed by atoms with Crippen LogP contribution < -0.4 is 0 Å². The summed E-state index contributed by atoms with van der Waals surface area (Å²) in [5, 5.41) is 10.4. The van der Waals surface area contributed by atoms with Crippen molar-refractivity contribution in [2.24, 2.45) is 13.0 Å². The van der Waals surface area contributed by atoms with Crippen LogP contribution >= 0.6 is 0 Å². The summed E-state index contributed by atoms with van der Waals surface area (Å²) in [5.41, 5.74) is 0. The molecule has 2 aliphatic rings. The number of aliphatic hydroxyl groups excluding tert-OH is 1. The number of piperidine rings is 1. The first-order valence-electron chi connectivity index (χ1n) is 8.64. The fraction of sp³-hybridized carbons (Fsp3) is 0.824. The van der Waals surface area contributed by atoms with Gasteiger partial charge in [-0.3, -0.25) is 4.90 Å². The molecule has 2 fully saturated rings. The van der Waals surface area contributed by atoms with Gasteiger partial charge < -0.3 is 9.67 Å². The minimum Gasteiger partial charge on any atom is -0.393 e. The minimum atomic E-state index is -0.0717. The molecule has 0 bridgehead atoms. The monoisotopic (exact) mass is 291 g/mol. The first-order valence-corrected chi connectivity index (χ1v) is 8.64. The number of likely N-dealkylation sites (tertiary alicyclic amines) is 1. The maximum absolute atomic E-state index is 10.4. The Morgan fingerprint density at radius 3 is 2.76 bits per heavy atom. The number of nitrogens with zero attached hydrogens (tertiary/aromatic N) is 3. The number of hydrogen-bond donors (Lipinski definition) is 1. The third kappa shape index (κ3) is 3.49. The smallest absolute Gasteiger partial charge is 0.109 e. The molecule has 0 spiro atoms. The van der Waals surface area contributed by atoms with Gasteiger partial charge in [0.1, 0.15) is 5.82 Å². The zero-order valence-electron chi connectivity index (χ0n) is 13.2. The number of aliphatic hydroxyl groups is 1. The average Bonchev–Trinajstić information content (AvgIpc) is 2.91. The van der Waals surface area contributed by atoms with E-state index in [0.717, 1.165) is 19.4 Å². The highest BCUT2D eigenvalue weighted by atomic mass is 16.3. The molecule has 4 heteroatoms. The summed E-state index contributed by atoms with van der Waals surface area (Å²) in [6.45, 7) is 2.27. The molecule has 1 saturated heterocycles. The lowest BCUT2D eigenvalue weighted by molar-refractivity contribution is -0.00527. The van der Waals surface area contributed by atoms with Gasteiger partial charge in [0.2, 0.25) is 0 Å². The molecular weight excluding hydrogens is 262 g/mol. The Bertz CT molecular complexity index is 445. The topological polar surface area (TPSA) is 41.3 Å². The Hall–Kier alpha value is -0.870. The predicted octanol–water partition coefficient (Wildman–Crippen LogP) is 2.37. The Labute approximate surface area is 128 Å². The van der Waals surface area contributed by atoms with Crippen LogP contribution in [0.15, 0.2) is 12.4 Å². The van der Waals surface area contributed by atoms with E-state index in [9.17, 15) is 5.11 Å². The second-order valence-electron chi connectivity index (χ2n) is 6.82. The molecule has 1 aliphatic carbocycles. The second kappa shape index (κ2) is 6.93. The normalized spacial score (nSPS) is 31.4. The van der Waals surface area contributed by atoms with Crippen molar-refractivity contribution >= 4 is 0 Å². The van der Waals surface area contributed by atoms with E-state index < -0.39 is 0 Å². The van der Waals surface area contributed by atoms with Crippen molar-refractivity contribution in [2.75, 3.05) is 13.1 Å². The molecule has 3 rings (SSSR count). The van der Waals surface area contributed by atoms with Gasteiger partial charge in [-0.1, -0.05) is 19.3 Å². The molecule has 1 aromatic heterocycles. The Morgan fingerprint density at radius 1 is 1.19 bits per heavy atom. The highest BCUT2D eigenvalue weighted by molar-refractivity contribution is 4.94. The van der Waals surface area contributed by atoms with E-state index in [1.54, 1.807) is 0 Å². The number of imidazole rings is 1. The molecule has 118 valence electrons. The maximum atomic E-state index is 10.4. The first kappa shape index (κ1) is 15.0. The van der Waals surface area contributed by atoms with Crippen molar-refractivity contribution in [1.29, 1.82) is 0 Å². The molecule has 4 nitrogen and oxygen atoms in total. The van der Waals surface area contributed by atoms with Gasteiger partial charge in [0.05, 0.1) is 6.10 Å². The van der Waals surface area contributed by atoms with E-state index in [1.807, 2.05) is 12.4 Å². The van der Waals surface area contributed by atoms with Crippen LogP contribution in [-0.2, 0) is 13.5 Å². The predicted molar refractivity (Wildman–Crippen MR) is 84.1 cm³/mol. The molecule has 3 atom stereocenters. The molecular formula is C17H29N3O. The molecule has 21 heavy (non-hydrogen) atoms. The number of aryl methyl sites for hydroxylation is 1. The molecule has 2 heterocycles. The largest absolute Gasteiger partial charge is 0.393 e. The summed E-state index contributed by atoms with van der Waals surface area (Å²) < 4.78 is 2.12. The van der Waals surface area contributed by atoms with Gasteiger partial charge in [-0.2, -0.15) is 0 Å². The zero-order valence-corrected chi connectivity index (χ0v) is 13.2. The summed E-state index contributed by atoms with van der Waals surface area (Å²) >= 11 is 0. The number of aromatic nitrogens is 2. The highest BCUT2D eigenvalue weighted by Gasteiger charge is 2.35. The lowest BCUT2D eigenvalue weighted by Crippen LogP contribution is -2.49. The van der Waals surface area contributed by atoms with Gasteiger partial charge in [0.15, 0.2) is 0 Å². The summed E-state index contributed by atoms with van der Waals surface area (Å²) in [5.74, 6) is 1.67. The highest BCUT2D eigenvalue weighted by Crippen LogP contribution is 2.34. The van der Waals surface area contributed by atoms with Gasteiger partial charge in [-0.25, -0.2) is 4.98 Å². The SMILES string of the molecule is Cn1ccnc1CCN1CCCCC1C1CCCCC1O. The van der Waals surface area contributed by atoms with Crippen LogP contribution in [0.25, 0.3) is 0 Å². The van der Waals surface area contributed by atoms with Crippen molar-refractivity contribution in [3.63, 3.8) is 0 Å². The van der Waals surface area contributed by atoms with E-state index >= 15 is 0 Å². The van der Waals surface area contributed by atoms with Crippen molar-refractivity contribution in [2.45, 2.75) is 63.5 Å². The van der Waals surface area contributed by atoms with Crippen molar-refractivity contribution in [3.8, 4) is 0 Å². The van der Waals surface area contributed by atoms with Crippen LogP contribution in [0.2, 0.25) is 0 Å².